The maximum absolute atomic E-state index is 9.37. The van der Waals surface area contributed by atoms with Crippen LogP contribution in [0.25, 0.3) is 11.1 Å². The Balaban J connectivity index is 1.51. The molecule has 1 spiro atoms. The Morgan fingerprint density at radius 2 is 1.88 bits per heavy atom. The van der Waals surface area contributed by atoms with E-state index in [-0.39, 0.29) is 0 Å². The molecule has 1 aromatic heterocycles. The van der Waals surface area contributed by atoms with E-state index in [0.717, 1.165) is 47.5 Å². The van der Waals surface area contributed by atoms with Crippen LogP contribution in [-0.2, 0) is 0 Å². The molecule has 0 aliphatic carbocycles. The molecular weight excluding hydrogens is 400 g/mol. The third kappa shape index (κ3) is 3.66. The Kier molecular flexibility index (Phi) is 5.01. The highest BCUT2D eigenvalue weighted by Crippen LogP contribution is 2.41. The van der Waals surface area contributed by atoms with Crippen molar-refractivity contribution in [3.8, 4) is 29.1 Å². The summed E-state index contributed by atoms with van der Waals surface area (Å²) in [5.74, 6) is 1.41. The molecule has 3 heterocycles. The Hall–Kier alpha value is -4.23. The molecule has 3 aromatic rings. The molecule has 32 heavy (non-hydrogen) atoms. The number of fused-ring (bicyclic) bond motifs is 1. The van der Waals surface area contributed by atoms with E-state index in [2.05, 4.69) is 25.9 Å². The van der Waals surface area contributed by atoms with Gasteiger partial charge in [-0.25, -0.2) is 9.97 Å². The van der Waals surface area contributed by atoms with Crippen LogP contribution in [0.3, 0.4) is 0 Å². The molecule has 1 unspecified atom stereocenters. The van der Waals surface area contributed by atoms with E-state index in [1.54, 1.807) is 24.5 Å². The van der Waals surface area contributed by atoms with Crippen molar-refractivity contribution in [3.63, 3.8) is 0 Å². The van der Waals surface area contributed by atoms with Crippen molar-refractivity contribution in [3.05, 3.63) is 72.1 Å². The molecule has 156 valence electrons. The second kappa shape index (κ2) is 8.13. The van der Waals surface area contributed by atoms with E-state index in [0.29, 0.717) is 24.5 Å². The van der Waals surface area contributed by atoms with E-state index in [1.807, 2.05) is 42.6 Å². The predicted molar refractivity (Wildman–Crippen MR) is 120 cm³/mol. The first-order valence-electron chi connectivity index (χ1n) is 10.5. The van der Waals surface area contributed by atoms with Gasteiger partial charge in [0.1, 0.15) is 11.4 Å². The summed E-state index contributed by atoms with van der Waals surface area (Å²) in [6.07, 6.45) is 7.80. The van der Waals surface area contributed by atoms with Crippen molar-refractivity contribution in [1.29, 1.82) is 10.5 Å². The minimum Gasteiger partial charge on any atom is -0.484 e. The quantitative estimate of drug-likeness (QED) is 0.579. The normalized spacial score (nSPS) is 20.8. The zero-order valence-corrected chi connectivity index (χ0v) is 17.4. The Bertz CT molecular complexity index is 1270. The van der Waals surface area contributed by atoms with Gasteiger partial charge in [0.05, 0.1) is 23.9 Å². The molecule has 2 aliphatic rings. The molecule has 0 bridgehead atoms. The molecule has 1 atom stereocenters. The number of ether oxygens (including phenoxy) is 1. The number of piperidine rings is 1. The number of nitriles is 2. The standard InChI is InChI=1S/C25H20N6O/c26-15-18-4-1-5-19(12-18)20-6-7-23-21(13-20)22(30-17-27)14-25(32-23)8-2-11-31(16-25)24-28-9-3-10-29-24/h1,3-7,9-10,12-13H,2,8,11,14,16H2. The van der Waals surface area contributed by atoms with Crippen LogP contribution < -0.4 is 9.64 Å². The fourth-order valence-electron chi connectivity index (χ4n) is 4.57. The average molecular weight is 420 g/mol. The Morgan fingerprint density at radius 1 is 1.03 bits per heavy atom. The van der Waals surface area contributed by atoms with Gasteiger partial charge in [-0.05, 0) is 54.3 Å². The molecule has 1 fully saturated rings. The molecular formula is C25H20N6O. The number of hydrogen-bond donors (Lipinski definition) is 0. The fourth-order valence-corrected chi connectivity index (χ4v) is 4.57. The van der Waals surface area contributed by atoms with Crippen LogP contribution in [-0.4, -0.2) is 34.4 Å². The molecule has 0 amide bonds. The van der Waals surface area contributed by atoms with E-state index >= 15 is 0 Å². The Morgan fingerprint density at radius 3 is 2.69 bits per heavy atom. The number of aliphatic imine (C=N–C) groups is 1. The topological polar surface area (TPSA) is 98.2 Å². The molecule has 2 aromatic carbocycles. The smallest absolute Gasteiger partial charge is 0.225 e. The van der Waals surface area contributed by atoms with Crippen molar-refractivity contribution >= 4 is 11.7 Å². The lowest BCUT2D eigenvalue weighted by atomic mass is 9.82. The summed E-state index contributed by atoms with van der Waals surface area (Å²) in [7, 11) is 0. The summed E-state index contributed by atoms with van der Waals surface area (Å²) in [5.41, 5.74) is 3.56. The van der Waals surface area contributed by atoms with Gasteiger partial charge < -0.3 is 9.64 Å². The minimum absolute atomic E-state index is 0.484. The number of aromatic nitrogens is 2. The maximum Gasteiger partial charge on any atom is 0.225 e. The summed E-state index contributed by atoms with van der Waals surface area (Å²) < 4.78 is 6.58. The van der Waals surface area contributed by atoms with Gasteiger partial charge in [-0.2, -0.15) is 15.5 Å². The highest BCUT2D eigenvalue weighted by molar-refractivity contribution is 6.06. The van der Waals surface area contributed by atoms with Gasteiger partial charge in [0.2, 0.25) is 12.1 Å². The van der Waals surface area contributed by atoms with Crippen LogP contribution in [0.15, 0.2) is 65.9 Å². The largest absolute Gasteiger partial charge is 0.484 e. The van der Waals surface area contributed by atoms with Crippen molar-refractivity contribution in [2.45, 2.75) is 24.9 Å². The van der Waals surface area contributed by atoms with Gasteiger partial charge in [0.15, 0.2) is 0 Å². The number of anilines is 1. The zero-order valence-electron chi connectivity index (χ0n) is 17.4. The predicted octanol–water partition coefficient (Wildman–Crippen LogP) is 4.11. The van der Waals surface area contributed by atoms with Crippen molar-refractivity contribution < 1.29 is 4.74 Å². The molecule has 1 saturated heterocycles. The molecule has 0 radical (unpaired) electrons. The molecule has 2 aliphatic heterocycles. The lowest BCUT2D eigenvalue weighted by Gasteiger charge is -2.45. The van der Waals surface area contributed by atoms with E-state index in [4.69, 9.17) is 4.74 Å². The molecule has 0 N–H and O–H groups in total. The minimum atomic E-state index is -0.484. The van der Waals surface area contributed by atoms with Gasteiger partial charge in [-0.3, -0.25) is 0 Å². The molecule has 7 nitrogen and oxygen atoms in total. The average Bonchev–Trinajstić information content (AvgIpc) is 2.84. The monoisotopic (exact) mass is 420 g/mol. The lowest BCUT2D eigenvalue weighted by Crippen LogP contribution is -2.55. The van der Waals surface area contributed by atoms with Crippen molar-refractivity contribution in [1.82, 2.24) is 9.97 Å². The number of rotatable bonds is 2. The summed E-state index contributed by atoms with van der Waals surface area (Å²) in [5, 5.41) is 18.6. The van der Waals surface area contributed by atoms with Crippen LogP contribution in [0.4, 0.5) is 5.95 Å². The molecule has 0 saturated carbocycles. The number of nitrogens with zero attached hydrogens (tertiary/aromatic N) is 6. The van der Waals surface area contributed by atoms with Crippen LogP contribution in [0.1, 0.15) is 30.4 Å². The molecule has 5 rings (SSSR count). The first-order chi connectivity index (χ1) is 15.7. The third-order valence-corrected chi connectivity index (χ3v) is 5.99. The van der Waals surface area contributed by atoms with Crippen LogP contribution in [0.2, 0.25) is 0 Å². The third-order valence-electron chi connectivity index (χ3n) is 5.99. The first kappa shape index (κ1) is 19.7. The van der Waals surface area contributed by atoms with Gasteiger partial charge in [0, 0.05) is 30.9 Å². The summed E-state index contributed by atoms with van der Waals surface area (Å²) in [6.45, 7) is 1.49. The van der Waals surface area contributed by atoms with E-state index in [1.165, 1.54) is 0 Å². The van der Waals surface area contributed by atoms with Crippen LogP contribution in [0.5, 0.6) is 5.75 Å². The maximum atomic E-state index is 9.37. The summed E-state index contributed by atoms with van der Waals surface area (Å²) >= 11 is 0. The first-order valence-corrected chi connectivity index (χ1v) is 10.5. The highest BCUT2D eigenvalue weighted by Gasteiger charge is 2.43. The summed E-state index contributed by atoms with van der Waals surface area (Å²) in [6, 6.07) is 17.4. The number of hydrogen-bond acceptors (Lipinski definition) is 7. The zero-order chi connectivity index (χ0) is 22.0. The van der Waals surface area contributed by atoms with Crippen molar-refractivity contribution in [2.75, 3.05) is 18.0 Å². The summed E-state index contributed by atoms with van der Waals surface area (Å²) in [4.78, 5) is 15.1. The van der Waals surface area contributed by atoms with Gasteiger partial charge >= 0.3 is 0 Å². The van der Waals surface area contributed by atoms with Crippen LogP contribution in [0, 0.1) is 22.8 Å². The van der Waals surface area contributed by atoms with Crippen LogP contribution >= 0.6 is 0 Å². The van der Waals surface area contributed by atoms with Gasteiger partial charge in [0.25, 0.3) is 0 Å². The van der Waals surface area contributed by atoms with Gasteiger partial charge in [-0.15, -0.1) is 0 Å². The Labute approximate surface area is 186 Å². The van der Waals surface area contributed by atoms with E-state index < -0.39 is 5.60 Å². The van der Waals surface area contributed by atoms with Crippen molar-refractivity contribution in [2.24, 2.45) is 4.99 Å². The SMILES string of the molecule is N#CN=C1CC2(CCCN(c3ncccn3)C2)Oc2ccc(-c3cccc(C#N)c3)cc21. The number of benzene rings is 2. The van der Waals surface area contributed by atoms with E-state index in [9.17, 15) is 10.5 Å². The second-order valence-corrected chi connectivity index (χ2v) is 8.10. The fraction of sp³-hybridized carbons (Fsp3) is 0.240. The lowest BCUT2D eigenvalue weighted by molar-refractivity contribution is 0.0541. The molecule has 7 heteroatoms. The highest BCUT2D eigenvalue weighted by atomic mass is 16.5. The van der Waals surface area contributed by atoms with Gasteiger partial charge in [-0.1, -0.05) is 18.2 Å². The second-order valence-electron chi connectivity index (χ2n) is 8.10.